The minimum atomic E-state index is -0.117. The maximum absolute atomic E-state index is 12.3. The van der Waals surface area contributed by atoms with Gasteiger partial charge in [0.05, 0.1) is 5.71 Å². The van der Waals surface area contributed by atoms with E-state index in [0.29, 0.717) is 0 Å². The van der Waals surface area contributed by atoms with E-state index in [-0.39, 0.29) is 5.24 Å². The van der Waals surface area contributed by atoms with E-state index < -0.39 is 0 Å². The number of fused-ring (bicyclic) bond motifs is 4. The molecule has 1 aromatic heterocycles. The molecule has 0 aromatic carbocycles. The van der Waals surface area contributed by atoms with E-state index >= 15 is 0 Å². The van der Waals surface area contributed by atoms with Crippen LogP contribution >= 0.6 is 11.9 Å². The summed E-state index contributed by atoms with van der Waals surface area (Å²) in [6.45, 7) is 4.12. The fraction of sp³-hybridized carbons (Fsp3) is 0.647. The Hall–Kier alpha value is -1.47. The largest absolute Gasteiger partial charge is 0.314 e. The van der Waals surface area contributed by atoms with Crippen molar-refractivity contribution in [3.05, 3.63) is 24.0 Å². The van der Waals surface area contributed by atoms with Crippen molar-refractivity contribution in [3.63, 3.8) is 0 Å². The second kappa shape index (κ2) is 8.58. The topological polar surface area (TPSA) is 70.5 Å². The van der Waals surface area contributed by atoms with Crippen molar-refractivity contribution < 1.29 is 4.79 Å². The zero-order valence-corrected chi connectivity index (χ0v) is 15.0. The standard InChI is InChI=1S/C17H25N5OS/c1-2-4-15(16-5-3-10-18-19-16)20-21-17(23)24-22-11-13-6-7-14(12-22)9-8-13/h3,5,10,13-14H,2,4,6-9,11-12H2,1H3,(H,21,23)/b20-15+. The van der Waals surface area contributed by atoms with E-state index in [1.165, 1.54) is 37.6 Å². The Labute approximate surface area is 147 Å². The molecule has 24 heavy (non-hydrogen) atoms. The molecule has 1 aromatic rings. The number of hydrazone groups is 1. The first-order chi connectivity index (χ1) is 11.7. The molecule has 3 aliphatic rings. The molecular weight excluding hydrogens is 322 g/mol. The minimum absolute atomic E-state index is 0.117. The summed E-state index contributed by atoms with van der Waals surface area (Å²) in [6.07, 6.45) is 8.59. The van der Waals surface area contributed by atoms with Crippen molar-refractivity contribution in [2.24, 2.45) is 16.9 Å². The molecule has 2 saturated heterocycles. The third-order valence-electron chi connectivity index (χ3n) is 4.74. The number of nitrogens with zero attached hydrogens (tertiary/aromatic N) is 4. The summed E-state index contributed by atoms with van der Waals surface area (Å²) in [7, 11) is 0. The molecule has 6 nitrogen and oxygen atoms in total. The lowest BCUT2D eigenvalue weighted by atomic mass is 9.84. The summed E-state index contributed by atoms with van der Waals surface area (Å²) in [6, 6.07) is 3.70. The molecule has 2 aliphatic heterocycles. The van der Waals surface area contributed by atoms with Crippen LogP contribution < -0.4 is 5.43 Å². The van der Waals surface area contributed by atoms with Crippen LogP contribution in [0.2, 0.25) is 0 Å². The Morgan fingerprint density at radius 1 is 1.33 bits per heavy atom. The maximum Gasteiger partial charge on any atom is 0.314 e. The van der Waals surface area contributed by atoms with Crippen LogP contribution in [-0.4, -0.2) is 38.5 Å². The molecule has 0 spiro atoms. The van der Waals surface area contributed by atoms with Crippen LogP contribution in [0.4, 0.5) is 4.79 Å². The average Bonchev–Trinajstić information content (AvgIpc) is 2.91. The van der Waals surface area contributed by atoms with E-state index in [9.17, 15) is 4.79 Å². The van der Waals surface area contributed by atoms with Crippen molar-refractivity contribution >= 4 is 22.9 Å². The van der Waals surface area contributed by atoms with Gasteiger partial charge in [0.15, 0.2) is 0 Å². The van der Waals surface area contributed by atoms with Gasteiger partial charge >= 0.3 is 5.24 Å². The third-order valence-corrected chi connectivity index (χ3v) is 5.55. The molecule has 0 radical (unpaired) electrons. The van der Waals surface area contributed by atoms with E-state index in [2.05, 4.69) is 32.0 Å². The van der Waals surface area contributed by atoms with Gasteiger partial charge in [-0.1, -0.05) is 13.3 Å². The number of nitrogens with one attached hydrogen (secondary N) is 1. The van der Waals surface area contributed by atoms with E-state index in [1.807, 2.05) is 12.1 Å². The zero-order chi connectivity index (χ0) is 16.8. The number of carbonyl (C=O) groups is 1. The second-order valence-corrected chi connectivity index (χ2v) is 7.71. The van der Waals surface area contributed by atoms with Crippen LogP contribution in [0.3, 0.4) is 0 Å². The van der Waals surface area contributed by atoms with Crippen molar-refractivity contribution in [3.8, 4) is 0 Å². The molecule has 1 saturated carbocycles. The molecule has 1 amide bonds. The smallest absolute Gasteiger partial charge is 0.259 e. The monoisotopic (exact) mass is 347 g/mol. The van der Waals surface area contributed by atoms with Crippen LogP contribution in [0.25, 0.3) is 0 Å². The highest BCUT2D eigenvalue weighted by atomic mass is 32.2. The number of rotatable bonds is 5. The molecule has 7 heteroatoms. The predicted molar refractivity (Wildman–Crippen MR) is 96.6 cm³/mol. The van der Waals surface area contributed by atoms with Crippen molar-refractivity contribution in [2.75, 3.05) is 13.1 Å². The van der Waals surface area contributed by atoms with Gasteiger partial charge in [-0.15, -0.1) is 5.10 Å². The molecular formula is C17H25N5OS. The van der Waals surface area contributed by atoms with Crippen LogP contribution in [0, 0.1) is 11.8 Å². The Morgan fingerprint density at radius 3 is 2.62 bits per heavy atom. The highest BCUT2D eigenvalue weighted by Gasteiger charge is 2.30. The first-order valence-corrected chi connectivity index (χ1v) is 9.59. The van der Waals surface area contributed by atoms with Crippen molar-refractivity contribution in [1.29, 1.82) is 0 Å². The molecule has 3 heterocycles. The summed E-state index contributed by atoms with van der Waals surface area (Å²) in [4.78, 5) is 12.3. The summed E-state index contributed by atoms with van der Waals surface area (Å²) in [5.74, 6) is 1.51. The maximum atomic E-state index is 12.3. The van der Waals surface area contributed by atoms with Crippen molar-refractivity contribution in [2.45, 2.75) is 45.4 Å². The van der Waals surface area contributed by atoms with Gasteiger partial charge in [-0.25, -0.2) is 9.73 Å². The Morgan fingerprint density at radius 2 is 2.04 bits per heavy atom. The molecule has 0 atom stereocenters. The molecule has 0 unspecified atom stereocenters. The lowest BCUT2D eigenvalue weighted by molar-refractivity contribution is 0.260. The van der Waals surface area contributed by atoms with Gasteiger partial charge in [0.25, 0.3) is 0 Å². The van der Waals surface area contributed by atoms with Gasteiger partial charge < -0.3 is 0 Å². The number of hydrogen-bond acceptors (Lipinski definition) is 6. The van der Waals surface area contributed by atoms with Crippen LogP contribution in [0.1, 0.15) is 51.1 Å². The second-order valence-electron chi connectivity index (χ2n) is 6.64. The quantitative estimate of drug-likeness (QED) is 0.502. The van der Waals surface area contributed by atoms with E-state index in [0.717, 1.165) is 49.2 Å². The zero-order valence-electron chi connectivity index (χ0n) is 14.1. The van der Waals surface area contributed by atoms with Crippen LogP contribution in [-0.2, 0) is 0 Å². The summed E-state index contributed by atoms with van der Waals surface area (Å²) in [5.41, 5.74) is 4.18. The molecule has 2 bridgehead atoms. The molecule has 130 valence electrons. The summed E-state index contributed by atoms with van der Waals surface area (Å²) < 4.78 is 2.22. The Kier molecular flexibility index (Phi) is 6.20. The average molecular weight is 347 g/mol. The lowest BCUT2D eigenvalue weighted by Crippen LogP contribution is -2.27. The summed E-state index contributed by atoms with van der Waals surface area (Å²) in [5, 5.41) is 12.1. The molecule has 1 N–H and O–H groups in total. The fourth-order valence-corrected chi connectivity index (χ4v) is 4.40. The first-order valence-electron chi connectivity index (χ1n) is 8.82. The van der Waals surface area contributed by atoms with Crippen LogP contribution in [0.5, 0.6) is 0 Å². The third kappa shape index (κ3) is 4.77. The summed E-state index contributed by atoms with van der Waals surface area (Å²) >= 11 is 1.28. The normalized spacial score (nSPS) is 24.6. The van der Waals surface area contributed by atoms with Gasteiger partial charge in [0, 0.05) is 31.2 Å². The first kappa shape index (κ1) is 17.4. The number of carbonyl (C=O) groups excluding carboxylic acids is 1. The van der Waals surface area contributed by atoms with Crippen molar-refractivity contribution in [1.82, 2.24) is 19.9 Å². The number of amides is 1. The Bertz CT molecular complexity index is 558. The minimum Gasteiger partial charge on any atom is -0.259 e. The van der Waals surface area contributed by atoms with Gasteiger partial charge in [-0.05, 0) is 56.1 Å². The Balaban J connectivity index is 1.57. The van der Waals surface area contributed by atoms with E-state index in [4.69, 9.17) is 0 Å². The van der Waals surface area contributed by atoms with Gasteiger partial charge in [-0.3, -0.25) is 4.79 Å². The molecule has 1 aliphatic carbocycles. The van der Waals surface area contributed by atoms with Crippen LogP contribution in [0.15, 0.2) is 23.4 Å². The van der Waals surface area contributed by atoms with Gasteiger partial charge in [-0.2, -0.15) is 10.2 Å². The van der Waals surface area contributed by atoms with E-state index in [1.54, 1.807) is 6.20 Å². The van der Waals surface area contributed by atoms with Gasteiger partial charge in [0.1, 0.15) is 5.69 Å². The lowest BCUT2D eigenvalue weighted by Gasteiger charge is -2.21. The highest BCUT2D eigenvalue weighted by Crippen LogP contribution is 2.36. The van der Waals surface area contributed by atoms with Gasteiger partial charge in [0.2, 0.25) is 0 Å². The number of hydrogen-bond donors (Lipinski definition) is 1. The highest BCUT2D eigenvalue weighted by molar-refractivity contribution is 8.11. The molecule has 3 fully saturated rings. The SMILES string of the molecule is CCC/C(=N\NC(=O)SN1CC2CCC(CC2)C1)c1cccnn1. The molecule has 4 rings (SSSR count). The fourth-order valence-electron chi connectivity index (χ4n) is 3.51. The number of aromatic nitrogens is 2. The predicted octanol–water partition coefficient (Wildman–Crippen LogP) is 3.46.